The van der Waals surface area contributed by atoms with Crippen molar-refractivity contribution in [1.82, 2.24) is 10.3 Å². The van der Waals surface area contributed by atoms with E-state index in [1.807, 2.05) is 14.1 Å². The van der Waals surface area contributed by atoms with Crippen molar-refractivity contribution in [2.45, 2.75) is 0 Å². The van der Waals surface area contributed by atoms with Gasteiger partial charge in [0, 0.05) is 24.8 Å². The molecule has 1 aromatic rings. The molecule has 0 aliphatic heterocycles. The number of hydrogen-bond acceptors (Lipinski definition) is 3. The van der Waals surface area contributed by atoms with Gasteiger partial charge in [-0.25, -0.2) is 4.98 Å². The van der Waals surface area contributed by atoms with E-state index in [2.05, 4.69) is 32.2 Å². The van der Waals surface area contributed by atoms with Gasteiger partial charge in [0.25, 0.3) is 5.91 Å². The molecule has 1 aromatic heterocycles. The summed E-state index contributed by atoms with van der Waals surface area (Å²) in [5, 5.41) is 2.61. The Hall–Kier alpha value is -1.54. The van der Waals surface area contributed by atoms with Gasteiger partial charge in [0.1, 0.15) is 5.82 Å². The van der Waals surface area contributed by atoms with E-state index >= 15 is 0 Å². The number of carbonyl (C=O) groups excluding carboxylic acids is 1. The molecule has 1 heterocycles. The zero-order valence-corrected chi connectivity index (χ0v) is 10.7. The molecule has 1 rings (SSSR count). The Kier molecular flexibility index (Phi) is 4.32. The van der Waals surface area contributed by atoms with Crippen LogP contribution in [0.5, 0.6) is 0 Å². The molecule has 0 bridgehead atoms. The Bertz CT molecular complexity index is 437. The van der Waals surface area contributed by atoms with Gasteiger partial charge in [-0.15, -0.1) is 6.42 Å². The Morgan fingerprint density at radius 2 is 2.38 bits per heavy atom. The quantitative estimate of drug-likeness (QED) is 0.849. The molecule has 0 aliphatic carbocycles. The van der Waals surface area contributed by atoms with Gasteiger partial charge in [0.15, 0.2) is 0 Å². The van der Waals surface area contributed by atoms with Crippen LogP contribution in [0.1, 0.15) is 10.4 Å². The third kappa shape index (κ3) is 2.97. The van der Waals surface area contributed by atoms with E-state index in [0.717, 1.165) is 4.47 Å². The molecule has 4 nitrogen and oxygen atoms in total. The zero-order chi connectivity index (χ0) is 12.1. The van der Waals surface area contributed by atoms with E-state index < -0.39 is 0 Å². The van der Waals surface area contributed by atoms with Crippen molar-refractivity contribution in [3.8, 4) is 12.3 Å². The van der Waals surface area contributed by atoms with Gasteiger partial charge in [-0.1, -0.05) is 5.92 Å². The van der Waals surface area contributed by atoms with Crippen LogP contribution in [0, 0.1) is 12.3 Å². The Balaban J connectivity index is 3.05. The fourth-order valence-electron chi connectivity index (χ4n) is 1.18. The van der Waals surface area contributed by atoms with Crippen LogP contribution >= 0.6 is 15.9 Å². The lowest BCUT2D eigenvalue weighted by molar-refractivity contribution is 0.0959. The molecule has 0 unspecified atom stereocenters. The van der Waals surface area contributed by atoms with E-state index in [1.165, 1.54) is 0 Å². The first kappa shape index (κ1) is 12.5. The highest BCUT2D eigenvalue weighted by Gasteiger charge is 2.14. The highest BCUT2D eigenvalue weighted by molar-refractivity contribution is 9.10. The highest BCUT2D eigenvalue weighted by atomic mass is 79.9. The molecule has 0 fully saturated rings. The second-order valence-electron chi connectivity index (χ2n) is 3.31. The lowest BCUT2D eigenvalue weighted by Crippen LogP contribution is -2.26. The van der Waals surface area contributed by atoms with Crippen molar-refractivity contribution in [1.29, 1.82) is 0 Å². The minimum atomic E-state index is -0.226. The van der Waals surface area contributed by atoms with Crippen molar-refractivity contribution < 1.29 is 4.79 Å². The third-order valence-electron chi connectivity index (χ3n) is 1.85. The van der Waals surface area contributed by atoms with Crippen LogP contribution in [0.25, 0.3) is 0 Å². The molecular formula is C11H12BrN3O. The maximum absolute atomic E-state index is 11.8. The summed E-state index contributed by atoms with van der Waals surface area (Å²) in [6.45, 7) is 0.207. The number of nitrogens with zero attached hydrogens (tertiary/aromatic N) is 2. The summed E-state index contributed by atoms with van der Waals surface area (Å²) in [7, 11) is 3.66. The van der Waals surface area contributed by atoms with Gasteiger partial charge in [0.2, 0.25) is 0 Å². The van der Waals surface area contributed by atoms with E-state index in [1.54, 1.807) is 17.2 Å². The number of terminal acetylenes is 1. The molecule has 0 saturated carbocycles. The molecule has 0 atom stereocenters. The third-order valence-corrected chi connectivity index (χ3v) is 2.29. The van der Waals surface area contributed by atoms with Crippen molar-refractivity contribution in [3.05, 3.63) is 22.3 Å². The summed E-state index contributed by atoms with van der Waals surface area (Å²) >= 11 is 3.28. The predicted octanol–water partition coefficient (Wildman–Crippen LogP) is 1.27. The molecule has 1 amide bonds. The summed E-state index contributed by atoms with van der Waals surface area (Å²) in [4.78, 5) is 17.7. The van der Waals surface area contributed by atoms with Crippen LogP contribution in [0.3, 0.4) is 0 Å². The standard InChI is InChI=1S/C11H12BrN3O/c1-4-5-13-11(16)9-6-8(12)7-14-10(9)15(2)3/h1,6-7H,5H2,2-3H3,(H,13,16). The molecule has 84 valence electrons. The zero-order valence-electron chi connectivity index (χ0n) is 9.12. The second kappa shape index (κ2) is 5.52. The number of halogens is 1. The van der Waals surface area contributed by atoms with E-state index in [9.17, 15) is 4.79 Å². The molecular weight excluding hydrogens is 270 g/mol. The van der Waals surface area contributed by atoms with E-state index in [4.69, 9.17) is 6.42 Å². The number of hydrogen-bond donors (Lipinski definition) is 1. The number of carbonyl (C=O) groups is 1. The normalized spacial score (nSPS) is 9.38. The molecule has 0 aliphatic rings. The van der Waals surface area contributed by atoms with Crippen LogP contribution in [-0.2, 0) is 0 Å². The maximum Gasteiger partial charge on any atom is 0.255 e. The summed E-state index contributed by atoms with van der Waals surface area (Å²) < 4.78 is 0.754. The molecule has 0 radical (unpaired) electrons. The first-order chi connectivity index (χ1) is 7.56. The van der Waals surface area contributed by atoms with Crippen molar-refractivity contribution in [3.63, 3.8) is 0 Å². The lowest BCUT2D eigenvalue weighted by atomic mass is 10.2. The van der Waals surface area contributed by atoms with Crippen molar-refractivity contribution in [2.24, 2.45) is 0 Å². The average molecular weight is 282 g/mol. The number of pyridine rings is 1. The topological polar surface area (TPSA) is 45.2 Å². The van der Waals surface area contributed by atoms with Gasteiger partial charge in [0.05, 0.1) is 12.1 Å². The molecule has 0 saturated heterocycles. The summed E-state index contributed by atoms with van der Waals surface area (Å²) in [5.41, 5.74) is 0.495. The van der Waals surface area contributed by atoms with Gasteiger partial charge in [-0.2, -0.15) is 0 Å². The second-order valence-corrected chi connectivity index (χ2v) is 4.22. The Morgan fingerprint density at radius 3 is 2.94 bits per heavy atom. The minimum Gasteiger partial charge on any atom is -0.362 e. The van der Waals surface area contributed by atoms with Crippen molar-refractivity contribution in [2.75, 3.05) is 25.5 Å². The van der Waals surface area contributed by atoms with Crippen LogP contribution in [0.2, 0.25) is 0 Å². The number of aromatic nitrogens is 1. The summed E-state index contributed by atoms with van der Waals surface area (Å²) in [6, 6.07) is 1.72. The fraction of sp³-hybridized carbons (Fsp3) is 0.273. The molecule has 0 aromatic carbocycles. The van der Waals surface area contributed by atoms with Crippen LogP contribution < -0.4 is 10.2 Å². The summed E-state index contributed by atoms with van der Waals surface area (Å²) in [5.74, 6) is 2.74. The highest BCUT2D eigenvalue weighted by Crippen LogP contribution is 2.19. The Morgan fingerprint density at radius 1 is 1.69 bits per heavy atom. The van der Waals surface area contributed by atoms with Gasteiger partial charge in [-0.3, -0.25) is 4.79 Å². The molecule has 16 heavy (non-hydrogen) atoms. The average Bonchev–Trinajstić information content (AvgIpc) is 2.25. The van der Waals surface area contributed by atoms with Gasteiger partial charge in [-0.05, 0) is 22.0 Å². The monoisotopic (exact) mass is 281 g/mol. The first-order valence-electron chi connectivity index (χ1n) is 4.60. The molecule has 1 N–H and O–H groups in total. The molecule has 0 spiro atoms. The van der Waals surface area contributed by atoms with Gasteiger partial charge >= 0.3 is 0 Å². The SMILES string of the molecule is C#CCNC(=O)c1cc(Br)cnc1N(C)C. The maximum atomic E-state index is 11.8. The number of anilines is 1. The van der Waals surface area contributed by atoms with E-state index in [-0.39, 0.29) is 12.5 Å². The fourth-order valence-corrected chi connectivity index (χ4v) is 1.51. The minimum absolute atomic E-state index is 0.207. The number of rotatable bonds is 3. The van der Waals surface area contributed by atoms with Crippen LogP contribution in [-0.4, -0.2) is 31.5 Å². The molecule has 5 heteroatoms. The van der Waals surface area contributed by atoms with Crippen molar-refractivity contribution >= 4 is 27.7 Å². The number of nitrogens with one attached hydrogen (secondary N) is 1. The van der Waals surface area contributed by atoms with E-state index in [0.29, 0.717) is 11.4 Å². The van der Waals surface area contributed by atoms with Gasteiger partial charge < -0.3 is 10.2 Å². The smallest absolute Gasteiger partial charge is 0.255 e. The largest absolute Gasteiger partial charge is 0.362 e. The lowest BCUT2D eigenvalue weighted by Gasteiger charge is -2.15. The summed E-state index contributed by atoms with van der Waals surface area (Å²) in [6.07, 6.45) is 6.73. The van der Waals surface area contributed by atoms with Crippen LogP contribution in [0.4, 0.5) is 5.82 Å². The van der Waals surface area contributed by atoms with Crippen LogP contribution in [0.15, 0.2) is 16.7 Å². The Labute approximate surface area is 103 Å². The predicted molar refractivity (Wildman–Crippen MR) is 67.4 cm³/mol. The number of amides is 1. The first-order valence-corrected chi connectivity index (χ1v) is 5.40.